The van der Waals surface area contributed by atoms with Crippen molar-refractivity contribution in [3.05, 3.63) is 65.7 Å². The van der Waals surface area contributed by atoms with Crippen LogP contribution in [0.4, 0.5) is 0 Å². The fourth-order valence-corrected chi connectivity index (χ4v) is 3.56. The van der Waals surface area contributed by atoms with Crippen LogP contribution in [0.2, 0.25) is 0 Å². The number of nitrogens with two attached hydrogens (primary N) is 1. The number of carbonyl (C=O) groups excluding carboxylic acids is 2. The van der Waals surface area contributed by atoms with Crippen molar-refractivity contribution in [2.45, 2.75) is 19.8 Å². The molecule has 0 bridgehead atoms. The number of hydrogen-bond donors (Lipinski definition) is 1. The average Bonchev–Trinajstić information content (AvgIpc) is 2.96. The maximum absolute atomic E-state index is 12.9. The van der Waals surface area contributed by atoms with E-state index in [2.05, 4.69) is 26.0 Å². The minimum atomic E-state index is -0.531. The Balaban J connectivity index is 1.71. The van der Waals surface area contributed by atoms with Gasteiger partial charge in [0, 0.05) is 24.6 Å². The molecule has 2 aromatic rings. The molecule has 0 radical (unpaired) electrons. The Bertz CT molecular complexity index is 785. The zero-order valence-corrected chi connectivity index (χ0v) is 15.1. The van der Waals surface area contributed by atoms with Crippen LogP contribution < -0.4 is 10.5 Å². The molecule has 0 aromatic heterocycles. The minimum absolute atomic E-state index is 0.0120. The molecule has 26 heavy (non-hydrogen) atoms. The number of ether oxygens (including phenoxy) is 1. The van der Waals surface area contributed by atoms with Gasteiger partial charge in [-0.1, -0.05) is 44.2 Å². The Labute approximate surface area is 153 Å². The standard InChI is InChI=1S/C21H24N2O3/c1-21(2)14-23(12-18(21)15-6-4-3-5-7-15)20(25)16-8-10-17(11-9-16)26-13-19(22)24/h3-11,18H,12-14H2,1-2H3,(H2,22,24)/t18-/m0/s1. The highest BCUT2D eigenvalue weighted by molar-refractivity contribution is 5.94. The smallest absolute Gasteiger partial charge is 0.255 e. The van der Waals surface area contributed by atoms with Gasteiger partial charge in [0.05, 0.1) is 0 Å². The molecule has 1 fully saturated rings. The molecule has 5 heteroatoms. The first-order chi connectivity index (χ1) is 12.4. The third-order valence-electron chi connectivity index (χ3n) is 4.92. The maximum Gasteiger partial charge on any atom is 0.255 e. The van der Waals surface area contributed by atoms with Crippen LogP contribution in [0.5, 0.6) is 5.75 Å². The van der Waals surface area contributed by atoms with Crippen LogP contribution in [-0.2, 0) is 4.79 Å². The summed E-state index contributed by atoms with van der Waals surface area (Å²) in [6.07, 6.45) is 0. The van der Waals surface area contributed by atoms with Crippen LogP contribution in [-0.4, -0.2) is 36.4 Å². The topological polar surface area (TPSA) is 72.6 Å². The molecule has 2 N–H and O–H groups in total. The summed E-state index contributed by atoms with van der Waals surface area (Å²) in [6.45, 7) is 5.66. The number of amides is 2. The van der Waals surface area contributed by atoms with Gasteiger partial charge in [-0.3, -0.25) is 9.59 Å². The van der Waals surface area contributed by atoms with Crippen molar-refractivity contribution in [3.8, 4) is 5.75 Å². The van der Waals surface area contributed by atoms with Crippen molar-refractivity contribution in [1.29, 1.82) is 0 Å². The third-order valence-corrected chi connectivity index (χ3v) is 4.92. The monoisotopic (exact) mass is 352 g/mol. The molecule has 2 amide bonds. The lowest BCUT2D eigenvalue weighted by atomic mass is 9.78. The van der Waals surface area contributed by atoms with E-state index in [4.69, 9.17) is 10.5 Å². The molecule has 1 saturated heterocycles. The number of benzene rings is 2. The second-order valence-electron chi connectivity index (χ2n) is 7.42. The molecule has 2 aromatic carbocycles. The van der Waals surface area contributed by atoms with E-state index in [1.165, 1.54) is 5.56 Å². The van der Waals surface area contributed by atoms with Crippen LogP contribution in [0.25, 0.3) is 0 Å². The SMILES string of the molecule is CC1(C)CN(C(=O)c2ccc(OCC(N)=O)cc2)C[C@H]1c1ccccc1. The Morgan fingerprint density at radius 3 is 2.38 bits per heavy atom. The first-order valence-electron chi connectivity index (χ1n) is 8.72. The molecule has 0 saturated carbocycles. The molecule has 0 aliphatic carbocycles. The molecule has 1 heterocycles. The van der Waals surface area contributed by atoms with Gasteiger partial charge in [0.1, 0.15) is 5.75 Å². The zero-order chi connectivity index (χ0) is 18.7. The van der Waals surface area contributed by atoms with Crippen molar-refractivity contribution >= 4 is 11.8 Å². The van der Waals surface area contributed by atoms with Crippen LogP contribution in [0, 0.1) is 5.41 Å². The molecule has 5 nitrogen and oxygen atoms in total. The first-order valence-corrected chi connectivity index (χ1v) is 8.72. The zero-order valence-electron chi connectivity index (χ0n) is 15.1. The summed E-state index contributed by atoms with van der Waals surface area (Å²) in [5.41, 5.74) is 6.96. The highest BCUT2D eigenvalue weighted by atomic mass is 16.5. The second kappa shape index (κ2) is 7.20. The van der Waals surface area contributed by atoms with Crippen molar-refractivity contribution in [1.82, 2.24) is 4.90 Å². The van der Waals surface area contributed by atoms with Gasteiger partial charge in [0.2, 0.25) is 0 Å². The average molecular weight is 352 g/mol. The highest BCUT2D eigenvalue weighted by Gasteiger charge is 2.42. The summed E-state index contributed by atoms with van der Waals surface area (Å²) in [4.78, 5) is 25.6. The van der Waals surface area contributed by atoms with Crippen molar-refractivity contribution in [3.63, 3.8) is 0 Å². The second-order valence-corrected chi connectivity index (χ2v) is 7.42. The van der Waals surface area contributed by atoms with Gasteiger partial charge in [0.15, 0.2) is 6.61 Å². The Hall–Kier alpha value is -2.82. The lowest BCUT2D eigenvalue weighted by Crippen LogP contribution is -2.30. The van der Waals surface area contributed by atoms with Crippen LogP contribution in [0.3, 0.4) is 0 Å². The van der Waals surface area contributed by atoms with Crippen molar-refractivity contribution in [2.75, 3.05) is 19.7 Å². The van der Waals surface area contributed by atoms with Gasteiger partial charge in [0.25, 0.3) is 11.8 Å². The van der Waals surface area contributed by atoms with Crippen LogP contribution >= 0.6 is 0 Å². The molecule has 1 atom stereocenters. The predicted octanol–water partition coefficient (Wildman–Crippen LogP) is 2.82. The molecule has 0 spiro atoms. The summed E-state index contributed by atoms with van der Waals surface area (Å²) in [7, 11) is 0. The number of rotatable bonds is 5. The van der Waals surface area contributed by atoms with E-state index >= 15 is 0 Å². The fourth-order valence-electron chi connectivity index (χ4n) is 3.56. The summed E-state index contributed by atoms with van der Waals surface area (Å²) in [5, 5.41) is 0. The molecule has 0 unspecified atom stereocenters. The number of likely N-dealkylation sites (tertiary alicyclic amines) is 1. The van der Waals surface area contributed by atoms with Gasteiger partial charge >= 0.3 is 0 Å². The molecular formula is C21H24N2O3. The summed E-state index contributed by atoms with van der Waals surface area (Å²) in [5.74, 6) is 0.310. The van der Waals surface area contributed by atoms with E-state index < -0.39 is 5.91 Å². The van der Waals surface area contributed by atoms with Crippen molar-refractivity contribution in [2.24, 2.45) is 11.1 Å². The lowest BCUT2D eigenvalue weighted by Gasteiger charge is -2.25. The van der Waals surface area contributed by atoms with Gasteiger partial charge < -0.3 is 15.4 Å². The largest absolute Gasteiger partial charge is 0.484 e. The highest BCUT2D eigenvalue weighted by Crippen LogP contribution is 2.42. The van der Waals surface area contributed by atoms with Crippen LogP contribution in [0.1, 0.15) is 35.7 Å². The van der Waals surface area contributed by atoms with E-state index in [0.717, 1.165) is 0 Å². The third kappa shape index (κ3) is 3.87. The number of hydrogen-bond acceptors (Lipinski definition) is 3. The molecular weight excluding hydrogens is 328 g/mol. The van der Waals surface area contributed by atoms with Gasteiger partial charge in [-0.15, -0.1) is 0 Å². The van der Waals surface area contributed by atoms with Crippen molar-refractivity contribution < 1.29 is 14.3 Å². The Morgan fingerprint density at radius 2 is 1.77 bits per heavy atom. The van der Waals surface area contributed by atoms with Crippen LogP contribution in [0.15, 0.2) is 54.6 Å². The number of primary amides is 1. The van der Waals surface area contributed by atoms with E-state index in [1.54, 1.807) is 24.3 Å². The maximum atomic E-state index is 12.9. The summed E-state index contributed by atoms with van der Waals surface area (Å²) < 4.78 is 5.24. The Morgan fingerprint density at radius 1 is 1.12 bits per heavy atom. The minimum Gasteiger partial charge on any atom is -0.484 e. The first kappa shape index (κ1) is 18.0. The normalized spacial score (nSPS) is 18.5. The molecule has 3 rings (SSSR count). The van der Waals surface area contributed by atoms with Gasteiger partial charge in [-0.25, -0.2) is 0 Å². The lowest BCUT2D eigenvalue weighted by molar-refractivity contribution is -0.119. The number of nitrogens with zero attached hydrogens (tertiary/aromatic N) is 1. The summed E-state index contributed by atoms with van der Waals surface area (Å²) >= 11 is 0. The van der Waals surface area contributed by atoms with E-state index in [-0.39, 0.29) is 17.9 Å². The molecule has 1 aliphatic rings. The Kier molecular flexibility index (Phi) is 4.98. The summed E-state index contributed by atoms with van der Waals surface area (Å²) in [6, 6.07) is 17.2. The molecule has 136 valence electrons. The number of carbonyl (C=O) groups is 2. The molecule has 1 aliphatic heterocycles. The van der Waals surface area contributed by atoms with Gasteiger partial charge in [-0.2, -0.15) is 0 Å². The van der Waals surface area contributed by atoms with Gasteiger partial charge in [-0.05, 0) is 35.2 Å². The predicted molar refractivity (Wildman–Crippen MR) is 100.0 cm³/mol. The quantitative estimate of drug-likeness (QED) is 0.899. The van der Waals surface area contributed by atoms with E-state index in [9.17, 15) is 9.59 Å². The van der Waals surface area contributed by atoms with E-state index in [1.807, 2.05) is 23.1 Å². The fraction of sp³-hybridized carbons (Fsp3) is 0.333. The van der Waals surface area contributed by atoms with E-state index in [0.29, 0.717) is 30.3 Å².